The number of amides is 1. The van der Waals surface area contributed by atoms with Gasteiger partial charge in [-0.25, -0.2) is 0 Å². The molecule has 0 aliphatic rings. The largest absolute Gasteiger partial charge is 0.364 e. The van der Waals surface area contributed by atoms with Crippen molar-refractivity contribution < 1.29 is 4.79 Å². The number of aromatic nitrogens is 2. The molecule has 2 aromatic heterocycles. The van der Waals surface area contributed by atoms with Gasteiger partial charge in [0.2, 0.25) is 0 Å². The third kappa shape index (κ3) is 1.04. The Balaban J connectivity index is 2.89. The monoisotopic (exact) mass is 195 g/mol. The summed E-state index contributed by atoms with van der Waals surface area (Å²) in [5.74, 6) is -0.466. The van der Waals surface area contributed by atoms with Crippen molar-refractivity contribution in [2.24, 2.45) is 12.8 Å². The second-order valence-electron chi connectivity index (χ2n) is 2.94. The number of hydrogen-bond donors (Lipinski definition) is 1. The SMILES string of the molecule is Cc1csc2c1c(C(N)=O)nn2C. The van der Waals surface area contributed by atoms with Crippen molar-refractivity contribution in [3.05, 3.63) is 16.6 Å². The third-order valence-corrected chi connectivity index (χ3v) is 3.13. The van der Waals surface area contributed by atoms with E-state index in [2.05, 4.69) is 5.10 Å². The van der Waals surface area contributed by atoms with E-state index in [0.29, 0.717) is 5.69 Å². The average Bonchev–Trinajstić information content (AvgIpc) is 2.55. The molecule has 2 N–H and O–H groups in total. The van der Waals surface area contributed by atoms with Crippen LogP contribution in [0.25, 0.3) is 10.2 Å². The Bertz CT molecular complexity index is 483. The molecular weight excluding hydrogens is 186 g/mol. The van der Waals surface area contributed by atoms with Crippen LogP contribution in [0.4, 0.5) is 0 Å². The van der Waals surface area contributed by atoms with Crippen LogP contribution in [0.3, 0.4) is 0 Å². The van der Waals surface area contributed by atoms with E-state index in [1.807, 2.05) is 19.4 Å². The zero-order valence-corrected chi connectivity index (χ0v) is 8.18. The lowest BCUT2D eigenvalue weighted by atomic mass is 10.2. The molecule has 2 heterocycles. The van der Waals surface area contributed by atoms with Crippen LogP contribution in [-0.4, -0.2) is 15.7 Å². The zero-order valence-electron chi connectivity index (χ0n) is 7.37. The fourth-order valence-corrected chi connectivity index (χ4v) is 2.35. The van der Waals surface area contributed by atoms with E-state index < -0.39 is 5.91 Å². The van der Waals surface area contributed by atoms with Crippen LogP contribution in [0.1, 0.15) is 16.1 Å². The van der Waals surface area contributed by atoms with Crippen molar-refractivity contribution in [3.63, 3.8) is 0 Å². The molecule has 0 saturated heterocycles. The lowest BCUT2D eigenvalue weighted by molar-refractivity contribution is 0.0996. The maximum Gasteiger partial charge on any atom is 0.269 e. The van der Waals surface area contributed by atoms with Crippen molar-refractivity contribution >= 4 is 27.5 Å². The average molecular weight is 195 g/mol. The molecule has 2 rings (SSSR count). The van der Waals surface area contributed by atoms with E-state index >= 15 is 0 Å². The Kier molecular flexibility index (Phi) is 1.63. The molecule has 0 saturated carbocycles. The first-order valence-electron chi connectivity index (χ1n) is 3.82. The molecule has 0 aromatic carbocycles. The number of aryl methyl sites for hydroxylation is 2. The maximum absolute atomic E-state index is 11.0. The second kappa shape index (κ2) is 2.56. The standard InChI is InChI=1S/C8H9N3OS/c1-4-3-13-8-5(4)6(7(9)12)10-11(8)2/h3H,1-2H3,(H2,9,12). The van der Waals surface area contributed by atoms with Gasteiger partial charge >= 0.3 is 0 Å². The number of rotatable bonds is 1. The topological polar surface area (TPSA) is 60.9 Å². The van der Waals surface area contributed by atoms with Crippen molar-refractivity contribution in [2.45, 2.75) is 6.92 Å². The number of fused-ring (bicyclic) bond motifs is 1. The summed E-state index contributed by atoms with van der Waals surface area (Å²) in [6.07, 6.45) is 0. The summed E-state index contributed by atoms with van der Waals surface area (Å²) < 4.78 is 1.69. The van der Waals surface area contributed by atoms with Crippen molar-refractivity contribution in [1.82, 2.24) is 9.78 Å². The van der Waals surface area contributed by atoms with Crippen molar-refractivity contribution in [2.75, 3.05) is 0 Å². The van der Waals surface area contributed by atoms with Gasteiger partial charge in [0, 0.05) is 12.4 Å². The normalized spacial score (nSPS) is 10.9. The summed E-state index contributed by atoms with van der Waals surface area (Å²) in [5, 5.41) is 6.95. The number of carbonyl (C=O) groups excluding carboxylic acids is 1. The summed E-state index contributed by atoms with van der Waals surface area (Å²) in [4.78, 5) is 12.0. The summed E-state index contributed by atoms with van der Waals surface area (Å²) in [7, 11) is 1.81. The molecule has 68 valence electrons. The van der Waals surface area contributed by atoms with E-state index in [1.54, 1.807) is 16.0 Å². The van der Waals surface area contributed by atoms with Crippen LogP contribution in [0, 0.1) is 6.92 Å². The highest BCUT2D eigenvalue weighted by Gasteiger charge is 2.16. The number of thiophene rings is 1. The van der Waals surface area contributed by atoms with E-state index in [0.717, 1.165) is 15.8 Å². The van der Waals surface area contributed by atoms with Gasteiger partial charge < -0.3 is 5.73 Å². The van der Waals surface area contributed by atoms with E-state index in [-0.39, 0.29) is 0 Å². The Morgan fingerprint density at radius 1 is 1.69 bits per heavy atom. The van der Waals surface area contributed by atoms with Gasteiger partial charge in [0.25, 0.3) is 5.91 Å². The maximum atomic E-state index is 11.0. The minimum Gasteiger partial charge on any atom is -0.364 e. The number of hydrogen-bond acceptors (Lipinski definition) is 3. The molecule has 0 aliphatic heterocycles. The van der Waals surface area contributed by atoms with Crippen LogP contribution in [0.2, 0.25) is 0 Å². The summed E-state index contributed by atoms with van der Waals surface area (Å²) in [5.41, 5.74) is 6.64. The molecule has 0 aliphatic carbocycles. The molecule has 0 fully saturated rings. The predicted molar refractivity (Wildman–Crippen MR) is 51.8 cm³/mol. The number of primary amides is 1. The van der Waals surface area contributed by atoms with Gasteiger partial charge in [0.1, 0.15) is 4.83 Å². The van der Waals surface area contributed by atoms with Crippen molar-refractivity contribution in [1.29, 1.82) is 0 Å². The van der Waals surface area contributed by atoms with Crippen LogP contribution in [0.5, 0.6) is 0 Å². The highest BCUT2D eigenvalue weighted by Crippen LogP contribution is 2.27. The number of nitrogens with zero attached hydrogens (tertiary/aromatic N) is 2. The molecule has 13 heavy (non-hydrogen) atoms. The summed E-state index contributed by atoms with van der Waals surface area (Å²) in [6, 6.07) is 0. The van der Waals surface area contributed by atoms with E-state index in [1.165, 1.54) is 0 Å². The van der Waals surface area contributed by atoms with Gasteiger partial charge in [0.05, 0.1) is 0 Å². The van der Waals surface area contributed by atoms with E-state index in [9.17, 15) is 4.79 Å². The Hall–Kier alpha value is -1.36. The molecule has 0 radical (unpaired) electrons. The summed E-state index contributed by atoms with van der Waals surface area (Å²) >= 11 is 1.57. The molecule has 4 nitrogen and oxygen atoms in total. The first kappa shape index (κ1) is 8.25. The fraction of sp³-hybridized carbons (Fsp3) is 0.250. The summed E-state index contributed by atoms with van der Waals surface area (Å²) in [6.45, 7) is 1.95. The van der Waals surface area contributed by atoms with Gasteiger partial charge in [-0.3, -0.25) is 9.48 Å². The zero-order chi connectivity index (χ0) is 9.59. The number of carbonyl (C=O) groups is 1. The van der Waals surface area contributed by atoms with Gasteiger partial charge in [-0.05, 0) is 17.9 Å². The smallest absolute Gasteiger partial charge is 0.269 e. The lowest BCUT2D eigenvalue weighted by Gasteiger charge is -1.88. The second-order valence-corrected chi connectivity index (χ2v) is 3.79. The molecule has 0 spiro atoms. The molecule has 0 atom stereocenters. The number of nitrogens with two attached hydrogens (primary N) is 1. The minimum absolute atomic E-state index is 0.372. The molecule has 0 unspecified atom stereocenters. The Morgan fingerprint density at radius 2 is 2.38 bits per heavy atom. The predicted octanol–water partition coefficient (Wildman–Crippen LogP) is 1.04. The van der Waals surface area contributed by atoms with Gasteiger partial charge in [0.15, 0.2) is 5.69 Å². The van der Waals surface area contributed by atoms with Gasteiger partial charge in [-0.15, -0.1) is 11.3 Å². The first-order chi connectivity index (χ1) is 6.11. The van der Waals surface area contributed by atoms with Crippen LogP contribution < -0.4 is 5.73 Å². The fourth-order valence-electron chi connectivity index (χ4n) is 1.37. The lowest BCUT2D eigenvalue weighted by Crippen LogP contribution is -2.12. The Morgan fingerprint density at radius 3 is 3.00 bits per heavy atom. The van der Waals surface area contributed by atoms with Crippen molar-refractivity contribution in [3.8, 4) is 0 Å². The van der Waals surface area contributed by atoms with Gasteiger partial charge in [-0.1, -0.05) is 0 Å². The van der Waals surface area contributed by atoms with Crippen LogP contribution in [0.15, 0.2) is 5.38 Å². The highest BCUT2D eigenvalue weighted by atomic mass is 32.1. The molecule has 5 heteroatoms. The highest BCUT2D eigenvalue weighted by molar-refractivity contribution is 7.17. The molecular formula is C8H9N3OS. The van der Waals surface area contributed by atoms with Crippen LogP contribution in [-0.2, 0) is 7.05 Å². The molecule has 1 amide bonds. The first-order valence-corrected chi connectivity index (χ1v) is 4.70. The quantitative estimate of drug-likeness (QED) is 0.739. The third-order valence-electron chi connectivity index (χ3n) is 1.97. The Labute approximate surface area is 79.0 Å². The molecule has 0 bridgehead atoms. The van der Waals surface area contributed by atoms with Crippen LogP contribution >= 0.6 is 11.3 Å². The molecule has 2 aromatic rings. The van der Waals surface area contributed by atoms with E-state index in [4.69, 9.17) is 5.73 Å². The van der Waals surface area contributed by atoms with Gasteiger partial charge in [-0.2, -0.15) is 5.10 Å². The minimum atomic E-state index is -0.466.